The highest BCUT2D eigenvalue weighted by Crippen LogP contribution is 2.54. The van der Waals surface area contributed by atoms with Crippen LogP contribution in [0.5, 0.6) is 0 Å². The van der Waals surface area contributed by atoms with E-state index in [4.69, 9.17) is 0 Å². The van der Waals surface area contributed by atoms with Gasteiger partial charge in [-0.25, -0.2) is 0 Å². The molecule has 1 aliphatic carbocycles. The second-order valence-corrected chi connectivity index (χ2v) is 7.44. The SMILES string of the molecule is Cc1cc([N+](=O)[O-])c2c(c1C)[C@@H]1C=CC[C@H]1[C@@H](c1ccccc1C(F)(F)F)N2. The van der Waals surface area contributed by atoms with Crippen molar-refractivity contribution in [3.63, 3.8) is 0 Å². The first-order valence-electron chi connectivity index (χ1n) is 9.08. The summed E-state index contributed by atoms with van der Waals surface area (Å²) in [5.74, 6) is -0.280. The van der Waals surface area contributed by atoms with Gasteiger partial charge in [-0.3, -0.25) is 10.1 Å². The third kappa shape index (κ3) is 2.77. The van der Waals surface area contributed by atoms with Crippen LogP contribution in [0.1, 0.15) is 46.2 Å². The van der Waals surface area contributed by atoms with Gasteiger partial charge >= 0.3 is 6.18 Å². The number of anilines is 1. The number of rotatable bonds is 2. The molecule has 0 saturated heterocycles. The first-order valence-corrected chi connectivity index (χ1v) is 9.08. The third-order valence-corrected chi connectivity index (χ3v) is 5.95. The molecular weight excluding hydrogens is 369 g/mol. The first kappa shape index (κ1) is 18.5. The Hall–Kier alpha value is -2.83. The Balaban J connectivity index is 1.93. The maximum atomic E-state index is 13.6. The number of allylic oxidation sites excluding steroid dienone is 2. The van der Waals surface area contributed by atoms with Crippen LogP contribution in [0.15, 0.2) is 42.5 Å². The molecule has 146 valence electrons. The number of nitro groups is 1. The van der Waals surface area contributed by atoms with Gasteiger partial charge in [0, 0.05) is 12.0 Å². The van der Waals surface area contributed by atoms with Crippen LogP contribution >= 0.6 is 0 Å². The Morgan fingerprint density at radius 2 is 1.93 bits per heavy atom. The Morgan fingerprint density at radius 1 is 1.21 bits per heavy atom. The number of aryl methyl sites for hydroxylation is 1. The van der Waals surface area contributed by atoms with Crippen molar-refractivity contribution in [3.8, 4) is 0 Å². The van der Waals surface area contributed by atoms with Gasteiger partial charge in [0.15, 0.2) is 0 Å². The highest BCUT2D eigenvalue weighted by molar-refractivity contribution is 5.74. The molecule has 1 heterocycles. The first-order chi connectivity index (χ1) is 13.2. The molecule has 2 aliphatic rings. The molecule has 0 spiro atoms. The number of nitrogens with one attached hydrogen (secondary N) is 1. The molecule has 0 saturated carbocycles. The minimum absolute atomic E-state index is 0.0914. The zero-order chi connectivity index (χ0) is 20.2. The number of alkyl halides is 3. The van der Waals surface area contributed by atoms with E-state index in [1.165, 1.54) is 18.2 Å². The number of fused-ring (bicyclic) bond motifs is 3. The van der Waals surface area contributed by atoms with Gasteiger partial charge in [-0.15, -0.1) is 0 Å². The van der Waals surface area contributed by atoms with Gasteiger partial charge in [0.05, 0.1) is 16.5 Å². The van der Waals surface area contributed by atoms with E-state index in [2.05, 4.69) is 5.32 Å². The van der Waals surface area contributed by atoms with Gasteiger partial charge in [-0.1, -0.05) is 30.4 Å². The molecule has 4 nitrogen and oxygen atoms in total. The lowest BCUT2D eigenvalue weighted by Crippen LogP contribution is -2.32. The second kappa shape index (κ2) is 6.36. The molecule has 0 fully saturated rings. The molecule has 0 amide bonds. The van der Waals surface area contributed by atoms with Crippen LogP contribution in [0, 0.1) is 29.9 Å². The Morgan fingerprint density at radius 3 is 2.61 bits per heavy atom. The van der Waals surface area contributed by atoms with Gasteiger partial charge in [-0.05, 0) is 54.5 Å². The average Bonchev–Trinajstić information content (AvgIpc) is 3.12. The van der Waals surface area contributed by atoms with Crippen molar-refractivity contribution in [2.75, 3.05) is 5.32 Å². The smallest absolute Gasteiger partial charge is 0.372 e. The summed E-state index contributed by atoms with van der Waals surface area (Å²) in [6, 6.07) is 6.31. The normalized spacial score (nSPS) is 23.1. The van der Waals surface area contributed by atoms with E-state index in [1.807, 2.05) is 26.0 Å². The molecule has 4 rings (SSSR count). The number of nitro benzene ring substituents is 1. The molecular formula is C21H19F3N2O2. The maximum absolute atomic E-state index is 13.6. The molecule has 3 atom stereocenters. The van der Waals surface area contributed by atoms with Crippen LogP contribution in [0.2, 0.25) is 0 Å². The fourth-order valence-electron chi connectivity index (χ4n) is 4.56. The van der Waals surface area contributed by atoms with E-state index in [1.54, 1.807) is 6.07 Å². The van der Waals surface area contributed by atoms with Crippen molar-refractivity contribution in [2.45, 2.75) is 38.4 Å². The lowest BCUT2D eigenvalue weighted by Gasteiger charge is -2.39. The number of hydrogen-bond donors (Lipinski definition) is 1. The molecule has 1 aliphatic heterocycles. The number of hydrogen-bond acceptors (Lipinski definition) is 3. The van der Waals surface area contributed by atoms with E-state index in [0.29, 0.717) is 12.1 Å². The highest BCUT2D eigenvalue weighted by atomic mass is 19.4. The summed E-state index contributed by atoms with van der Waals surface area (Å²) in [4.78, 5) is 11.2. The van der Waals surface area contributed by atoms with Crippen molar-refractivity contribution in [3.05, 3.63) is 80.4 Å². The van der Waals surface area contributed by atoms with Crippen LogP contribution in [0.25, 0.3) is 0 Å². The number of benzene rings is 2. The monoisotopic (exact) mass is 388 g/mol. The standard InChI is InChI=1S/C21H19F3N2O2/c1-11-10-17(26(27)28)20-18(12(11)2)13-7-5-8-14(13)19(25-20)15-6-3-4-9-16(15)21(22,23)24/h3-7,9-10,13-14,19,25H,8H2,1-2H3/t13-,14-,19+/m1/s1. The Labute approximate surface area is 160 Å². The summed E-state index contributed by atoms with van der Waals surface area (Å²) in [5, 5.41) is 14.8. The molecule has 2 aromatic carbocycles. The van der Waals surface area contributed by atoms with Crippen LogP contribution in [-0.4, -0.2) is 4.92 Å². The van der Waals surface area contributed by atoms with Crippen molar-refractivity contribution in [2.24, 2.45) is 5.92 Å². The Kier molecular flexibility index (Phi) is 4.21. The summed E-state index contributed by atoms with van der Waals surface area (Å²) >= 11 is 0. The van der Waals surface area contributed by atoms with Crippen LogP contribution in [0.3, 0.4) is 0 Å². The fourth-order valence-corrected chi connectivity index (χ4v) is 4.56. The topological polar surface area (TPSA) is 55.2 Å². The summed E-state index contributed by atoms with van der Waals surface area (Å²) in [6.07, 6.45) is 0.0664. The summed E-state index contributed by atoms with van der Waals surface area (Å²) in [6.45, 7) is 3.73. The number of nitrogens with zero attached hydrogens (tertiary/aromatic N) is 1. The Bertz CT molecular complexity index is 998. The van der Waals surface area contributed by atoms with E-state index < -0.39 is 22.7 Å². The molecule has 0 bridgehead atoms. The zero-order valence-corrected chi connectivity index (χ0v) is 15.4. The van der Waals surface area contributed by atoms with Crippen LogP contribution < -0.4 is 5.32 Å². The lowest BCUT2D eigenvalue weighted by molar-refractivity contribution is -0.384. The molecule has 0 unspecified atom stereocenters. The average molecular weight is 388 g/mol. The van der Waals surface area contributed by atoms with Crippen molar-refractivity contribution >= 4 is 11.4 Å². The van der Waals surface area contributed by atoms with Crippen molar-refractivity contribution in [1.29, 1.82) is 0 Å². The predicted octanol–water partition coefficient (Wildman–Crippen LogP) is 6.06. The summed E-state index contributed by atoms with van der Waals surface area (Å²) in [7, 11) is 0. The maximum Gasteiger partial charge on any atom is 0.416 e. The van der Waals surface area contributed by atoms with Gasteiger partial charge in [0.2, 0.25) is 0 Å². The highest BCUT2D eigenvalue weighted by Gasteiger charge is 2.44. The van der Waals surface area contributed by atoms with Gasteiger partial charge in [-0.2, -0.15) is 13.2 Å². The molecule has 0 aromatic heterocycles. The lowest BCUT2D eigenvalue weighted by atomic mass is 9.74. The van der Waals surface area contributed by atoms with E-state index >= 15 is 0 Å². The minimum atomic E-state index is -4.49. The summed E-state index contributed by atoms with van der Waals surface area (Å²) in [5.41, 5.74) is 2.25. The second-order valence-electron chi connectivity index (χ2n) is 7.44. The molecule has 28 heavy (non-hydrogen) atoms. The molecule has 2 aromatic rings. The third-order valence-electron chi connectivity index (χ3n) is 5.95. The minimum Gasteiger partial charge on any atom is -0.372 e. The molecule has 7 heteroatoms. The quantitative estimate of drug-likeness (QED) is 0.387. The number of halogens is 3. The van der Waals surface area contributed by atoms with E-state index in [0.717, 1.165) is 22.8 Å². The largest absolute Gasteiger partial charge is 0.416 e. The summed E-state index contributed by atoms with van der Waals surface area (Å²) < 4.78 is 40.8. The predicted molar refractivity (Wildman–Crippen MR) is 100 cm³/mol. The zero-order valence-electron chi connectivity index (χ0n) is 15.4. The van der Waals surface area contributed by atoms with Crippen LogP contribution in [-0.2, 0) is 6.18 Å². The molecule has 0 radical (unpaired) electrons. The van der Waals surface area contributed by atoms with E-state index in [9.17, 15) is 23.3 Å². The van der Waals surface area contributed by atoms with Gasteiger partial charge in [0.1, 0.15) is 5.69 Å². The van der Waals surface area contributed by atoms with Crippen molar-refractivity contribution < 1.29 is 18.1 Å². The van der Waals surface area contributed by atoms with Gasteiger partial charge in [0.25, 0.3) is 5.69 Å². The van der Waals surface area contributed by atoms with Crippen molar-refractivity contribution in [1.82, 2.24) is 0 Å². The van der Waals surface area contributed by atoms with Gasteiger partial charge < -0.3 is 5.32 Å². The van der Waals surface area contributed by atoms with E-state index in [-0.39, 0.29) is 23.1 Å². The fraction of sp³-hybridized carbons (Fsp3) is 0.333. The molecule has 1 N–H and O–H groups in total. The van der Waals surface area contributed by atoms with Crippen LogP contribution in [0.4, 0.5) is 24.5 Å².